The first-order valence-electron chi connectivity index (χ1n) is 7.57. The molecule has 21 heavy (non-hydrogen) atoms. The molecule has 1 aliphatic heterocycles. The first kappa shape index (κ1) is 16.3. The molecule has 116 valence electrons. The van der Waals surface area contributed by atoms with E-state index < -0.39 is 5.54 Å². The summed E-state index contributed by atoms with van der Waals surface area (Å²) in [6.07, 6.45) is 2.06. The van der Waals surface area contributed by atoms with Gasteiger partial charge in [-0.25, -0.2) is 0 Å². The van der Waals surface area contributed by atoms with Gasteiger partial charge in [0.25, 0.3) is 0 Å². The first-order valence-corrected chi connectivity index (χ1v) is 7.94. The van der Waals surface area contributed by atoms with Crippen LogP contribution in [0.2, 0.25) is 5.02 Å². The van der Waals surface area contributed by atoms with Gasteiger partial charge in [-0.15, -0.1) is 0 Å². The van der Waals surface area contributed by atoms with Crippen molar-refractivity contribution in [3.8, 4) is 0 Å². The molecule has 3 nitrogen and oxygen atoms in total. The molecule has 1 aromatic rings. The SMILES string of the molecule is Cc1ccc(C(C)(C)NC(=O)C2CCCN(C)C2)cc1Cl. The fourth-order valence-corrected chi connectivity index (χ4v) is 3.02. The van der Waals surface area contributed by atoms with Crippen molar-refractivity contribution in [3.63, 3.8) is 0 Å². The van der Waals surface area contributed by atoms with Gasteiger partial charge in [0.05, 0.1) is 11.5 Å². The molecule has 0 saturated carbocycles. The van der Waals surface area contributed by atoms with E-state index in [0.29, 0.717) is 0 Å². The van der Waals surface area contributed by atoms with Crippen LogP contribution in [0, 0.1) is 12.8 Å². The summed E-state index contributed by atoms with van der Waals surface area (Å²) in [5.74, 6) is 0.229. The Bertz CT molecular complexity index is 528. The summed E-state index contributed by atoms with van der Waals surface area (Å²) in [5, 5.41) is 3.93. The third kappa shape index (κ3) is 3.98. The number of nitrogens with one attached hydrogen (secondary N) is 1. The van der Waals surface area contributed by atoms with Crippen LogP contribution in [0.15, 0.2) is 18.2 Å². The number of halogens is 1. The van der Waals surface area contributed by atoms with Crippen molar-refractivity contribution in [3.05, 3.63) is 34.3 Å². The maximum atomic E-state index is 12.5. The van der Waals surface area contributed by atoms with Gasteiger partial charge in [0.15, 0.2) is 0 Å². The van der Waals surface area contributed by atoms with Crippen LogP contribution in [0.5, 0.6) is 0 Å². The summed E-state index contributed by atoms with van der Waals surface area (Å²) >= 11 is 6.20. The number of hydrogen-bond acceptors (Lipinski definition) is 2. The average molecular weight is 309 g/mol. The Balaban J connectivity index is 2.08. The van der Waals surface area contributed by atoms with Crippen molar-refractivity contribution < 1.29 is 4.79 Å². The largest absolute Gasteiger partial charge is 0.347 e. The Morgan fingerprint density at radius 1 is 1.43 bits per heavy atom. The molecule has 0 aromatic heterocycles. The van der Waals surface area contributed by atoms with Gasteiger partial charge in [-0.2, -0.15) is 0 Å². The van der Waals surface area contributed by atoms with Gasteiger partial charge in [-0.05, 0) is 64.4 Å². The summed E-state index contributed by atoms with van der Waals surface area (Å²) in [7, 11) is 2.07. The zero-order valence-electron chi connectivity index (χ0n) is 13.4. The molecule has 0 spiro atoms. The molecule has 1 fully saturated rings. The van der Waals surface area contributed by atoms with Crippen LogP contribution in [-0.2, 0) is 10.3 Å². The zero-order valence-corrected chi connectivity index (χ0v) is 14.1. The molecule has 2 rings (SSSR count). The lowest BCUT2D eigenvalue weighted by Crippen LogP contribution is -2.48. The van der Waals surface area contributed by atoms with Gasteiger partial charge in [0.2, 0.25) is 5.91 Å². The number of hydrogen-bond donors (Lipinski definition) is 1. The van der Waals surface area contributed by atoms with Crippen LogP contribution >= 0.6 is 11.6 Å². The number of rotatable bonds is 3. The fraction of sp³-hybridized carbons (Fsp3) is 0.588. The minimum Gasteiger partial charge on any atom is -0.347 e. The summed E-state index contributed by atoms with van der Waals surface area (Å²) in [6, 6.07) is 5.98. The standard InChI is InChI=1S/C17H25ClN2O/c1-12-7-8-14(10-15(12)18)17(2,3)19-16(21)13-6-5-9-20(4)11-13/h7-8,10,13H,5-6,9,11H2,1-4H3,(H,19,21). The van der Waals surface area contributed by atoms with Crippen molar-refractivity contribution in [2.45, 2.75) is 39.2 Å². The summed E-state index contributed by atoms with van der Waals surface area (Å²) in [6.45, 7) is 7.96. The Morgan fingerprint density at radius 2 is 2.14 bits per heavy atom. The molecule has 1 saturated heterocycles. The molecule has 1 heterocycles. The average Bonchev–Trinajstić information content (AvgIpc) is 2.41. The van der Waals surface area contributed by atoms with E-state index in [1.165, 1.54) is 0 Å². The van der Waals surface area contributed by atoms with E-state index in [4.69, 9.17) is 11.6 Å². The molecule has 1 aromatic carbocycles. The fourth-order valence-electron chi connectivity index (χ4n) is 2.84. The summed E-state index contributed by atoms with van der Waals surface area (Å²) in [4.78, 5) is 14.7. The van der Waals surface area contributed by atoms with Gasteiger partial charge in [0.1, 0.15) is 0 Å². The predicted molar refractivity (Wildman–Crippen MR) is 87.6 cm³/mol. The van der Waals surface area contributed by atoms with Gasteiger partial charge in [-0.3, -0.25) is 4.79 Å². The van der Waals surface area contributed by atoms with Crippen LogP contribution < -0.4 is 5.32 Å². The second-order valence-electron chi connectivity index (χ2n) is 6.68. The molecule has 4 heteroatoms. The number of carbonyl (C=O) groups is 1. The van der Waals surface area contributed by atoms with E-state index in [1.807, 2.05) is 39.0 Å². The Kier molecular flexibility index (Phi) is 4.95. The number of nitrogens with zero attached hydrogens (tertiary/aromatic N) is 1. The minimum atomic E-state index is -0.412. The minimum absolute atomic E-state index is 0.0870. The van der Waals surface area contributed by atoms with Crippen molar-refractivity contribution in [2.75, 3.05) is 20.1 Å². The molecule has 0 aliphatic carbocycles. The Morgan fingerprint density at radius 3 is 2.76 bits per heavy atom. The second kappa shape index (κ2) is 6.37. The summed E-state index contributed by atoms with van der Waals surface area (Å²) < 4.78 is 0. The lowest BCUT2D eigenvalue weighted by Gasteiger charge is -2.33. The number of piperidine rings is 1. The topological polar surface area (TPSA) is 32.3 Å². The molecular weight excluding hydrogens is 284 g/mol. The van der Waals surface area contributed by atoms with Crippen molar-refractivity contribution in [2.24, 2.45) is 5.92 Å². The number of amides is 1. The van der Waals surface area contributed by atoms with Gasteiger partial charge < -0.3 is 10.2 Å². The highest BCUT2D eigenvalue weighted by Gasteiger charge is 2.29. The lowest BCUT2D eigenvalue weighted by molar-refractivity contribution is -0.128. The third-order valence-electron chi connectivity index (χ3n) is 4.32. The Hall–Kier alpha value is -1.06. The molecule has 0 bridgehead atoms. The molecule has 0 radical (unpaired) electrons. The zero-order chi connectivity index (χ0) is 15.6. The van der Waals surface area contributed by atoms with Crippen LogP contribution in [0.4, 0.5) is 0 Å². The number of carbonyl (C=O) groups excluding carboxylic acids is 1. The molecule has 1 atom stereocenters. The number of benzene rings is 1. The second-order valence-corrected chi connectivity index (χ2v) is 7.09. The van der Waals surface area contributed by atoms with Crippen LogP contribution in [0.3, 0.4) is 0 Å². The highest BCUT2D eigenvalue weighted by atomic mass is 35.5. The van der Waals surface area contributed by atoms with E-state index in [2.05, 4.69) is 17.3 Å². The van der Waals surface area contributed by atoms with E-state index >= 15 is 0 Å². The summed E-state index contributed by atoms with van der Waals surface area (Å²) in [5.41, 5.74) is 1.68. The van der Waals surface area contributed by atoms with Crippen molar-refractivity contribution in [1.82, 2.24) is 10.2 Å². The highest BCUT2D eigenvalue weighted by molar-refractivity contribution is 6.31. The van der Waals surface area contributed by atoms with E-state index in [1.54, 1.807) is 0 Å². The van der Waals surface area contributed by atoms with Crippen LogP contribution in [0.1, 0.15) is 37.8 Å². The molecule has 1 N–H and O–H groups in total. The maximum Gasteiger partial charge on any atom is 0.225 e. The number of aryl methyl sites for hydroxylation is 1. The monoisotopic (exact) mass is 308 g/mol. The van der Waals surface area contributed by atoms with Gasteiger partial charge in [-0.1, -0.05) is 23.7 Å². The van der Waals surface area contributed by atoms with Crippen LogP contribution in [0.25, 0.3) is 0 Å². The van der Waals surface area contributed by atoms with E-state index in [0.717, 1.165) is 42.1 Å². The molecular formula is C17H25ClN2O. The van der Waals surface area contributed by atoms with E-state index in [9.17, 15) is 4.79 Å². The van der Waals surface area contributed by atoms with Crippen LogP contribution in [-0.4, -0.2) is 30.9 Å². The maximum absolute atomic E-state index is 12.5. The quantitative estimate of drug-likeness (QED) is 0.929. The molecule has 1 amide bonds. The molecule has 1 aliphatic rings. The smallest absolute Gasteiger partial charge is 0.225 e. The highest BCUT2D eigenvalue weighted by Crippen LogP contribution is 2.26. The predicted octanol–water partition coefficient (Wildman–Crippen LogP) is 3.34. The van der Waals surface area contributed by atoms with Crippen molar-refractivity contribution in [1.29, 1.82) is 0 Å². The normalized spacial score (nSPS) is 20.3. The first-order chi connectivity index (χ1) is 9.79. The Labute approximate surface area is 132 Å². The molecule has 1 unspecified atom stereocenters. The third-order valence-corrected chi connectivity index (χ3v) is 4.73. The van der Waals surface area contributed by atoms with Gasteiger partial charge >= 0.3 is 0 Å². The van der Waals surface area contributed by atoms with Gasteiger partial charge in [0, 0.05) is 11.6 Å². The lowest BCUT2D eigenvalue weighted by atomic mass is 9.91. The number of likely N-dealkylation sites (tertiary alicyclic amines) is 1. The van der Waals surface area contributed by atoms with E-state index in [-0.39, 0.29) is 11.8 Å². The van der Waals surface area contributed by atoms with Crippen molar-refractivity contribution >= 4 is 17.5 Å².